The number of ether oxygens (including phenoxy) is 3. The smallest absolute Gasteiger partial charge is 0.246 e. The predicted octanol–water partition coefficient (Wildman–Crippen LogP) is 0.919. The molecule has 0 saturated carbocycles. The van der Waals surface area contributed by atoms with Crippen molar-refractivity contribution in [2.75, 3.05) is 34.0 Å². The Morgan fingerprint density at radius 2 is 2.29 bits per heavy atom. The summed E-state index contributed by atoms with van der Waals surface area (Å²) in [4.78, 5) is 11.7. The van der Waals surface area contributed by atoms with Crippen LogP contribution in [0.2, 0.25) is 0 Å². The fourth-order valence-electron chi connectivity index (χ4n) is 2.44. The fraction of sp³-hybridized carbons (Fsp3) is 0.533. The lowest BCUT2D eigenvalue weighted by Crippen LogP contribution is -2.34. The number of nitrogens with one attached hydrogen (secondary N) is 1. The van der Waals surface area contributed by atoms with E-state index in [1.54, 1.807) is 7.11 Å². The number of hydrogen-bond acceptors (Lipinski definition) is 5. The molecule has 6 heteroatoms. The molecule has 1 aliphatic rings. The van der Waals surface area contributed by atoms with Gasteiger partial charge in [0.2, 0.25) is 5.91 Å². The molecule has 3 N–H and O–H groups in total. The van der Waals surface area contributed by atoms with E-state index in [0.29, 0.717) is 13.2 Å². The Morgan fingerprint density at radius 3 is 3.00 bits per heavy atom. The second kappa shape index (κ2) is 7.40. The number of hydrogen-bond donors (Lipinski definition) is 2. The van der Waals surface area contributed by atoms with Crippen molar-refractivity contribution in [1.29, 1.82) is 0 Å². The molecular weight excluding hydrogens is 272 g/mol. The second-order valence-corrected chi connectivity index (χ2v) is 5.05. The second-order valence-electron chi connectivity index (χ2n) is 5.05. The monoisotopic (exact) mass is 294 g/mol. The summed E-state index contributed by atoms with van der Waals surface area (Å²) in [5.41, 5.74) is 7.98. The van der Waals surface area contributed by atoms with Crippen LogP contribution in [-0.2, 0) is 14.3 Å². The van der Waals surface area contributed by atoms with Gasteiger partial charge < -0.3 is 25.3 Å². The molecule has 0 spiro atoms. The van der Waals surface area contributed by atoms with Crippen molar-refractivity contribution in [1.82, 2.24) is 5.32 Å². The maximum Gasteiger partial charge on any atom is 0.246 e. The molecule has 2 atom stereocenters. The Kier molecular flexibility index (Phi) is 5.55. The number of carbonyl (C=O) groups excluding carboxylic acids is 1. The summed E-state index contributed by atoms with van der Waals surface area (Å²) in [5, 5.41) is 2.96. The van der Waals surface area contributed by atoms with Gasteiger partial charge in [0, 0.05) is 26.2 Å². The number of nitrogens with two attached hydrogens (primary N) is 1. The molecule has 0 aromatic heterocycles. The minimum absolute atomic E-state index is 0.0512. The molecule has 116 valence electrons. The molecule has 2 unspecified atom stereocenters. The zero-order valence-corrected chi connectivity index (χ0v) is 12.4. The minimum Gasteiger partial charge on any atom is -0.493 e. The molecule has 0 radical (unpaired) electrons. The van der Waals surface area contributed by atoms with Crippen LogP contribution in [0.4, 0.5) is 0 Å². The predicted molar refractivity (Wildman–Crippen MR) is 78.1 cm³/mol. The minimum atomic E-state index is -0.197. The molecular formula is C15H22N2O4. The van der Waals surface area contributed by atoms with Gasteiger partial charge >= 0.3 is 0 Å². The lowest BCUT2D eigenvalue weighted by molar-refractivity contribution is -0.125. The number of amides is 1. The van der Waals surface area contributed by atoms with Gasteiger partial charge in [0.1, 0.15) is 12.4 Å². The van der Waals surface area contributed by atoms with Crippen LogP contribution in [0, 0.1) is 0 Å². The lowest BCUT2D eigenvalue weighted by Gasteiger charge is -2.28. The van der Waals surface area contributed by atoms with Crippen molar-refractivity contribution in [2.24, 2.45) is 5.73 Å². The third-order valence-electron chi connectivity index (χ3n) is 3.46. The molecule has 21 heavy (non-hydrogen) atoms. The van der Waals surface area contributed by atoms with Gasteiger partial charge in [-0.2, -0.15) is 0 Å². The van der Waals surface area contributed by atoms with Gasteiger partial charge in [0.25, 0.3) is 0 Å². The fourth-order valence-corrected chi connectivity index (χ4v) is 2.44. The number of methoxy groups -OCH3 is 2. The van der Waals surface area contributed by atoms with E-state index in [-0.39, 0.29) is 24.6 Å². The van der Waals surface area contributed by atoms with E-state index >= 15 is 0 Å². The van der Waals surface area contributed by atoms with Crippen LogP contribution in [0.1, 0.15) is 29.6 Å². The van der Waals surface area contributed by atoms with Gasteiger partial charge in [0.15, 0.2) is 0 Å². The number of rotatable bonds is 6. The van der Waals surface area contributed by atoms with Crippen LogP contribution in [0.5, 0.6) is 5.75 Å². The van der Waals surface area contributed by atoms with Crippen LogP contribution >= 0.6 is 0 Å². The first-order valence-corrected chi connectivity index (χ1v) is 6.95. The summed E-state index contributed by atoms with van der Waals surface area (Å²) < 4.78 is 15.6. The molecule has 1 heterocycles. The molecule has 1 amide bonds. The van der Waals surface area contributed by atoms with Crippen molar-refractivity contribution in [3.63, 3.8) is 0 Å². The van der Waals surface area contributed by atoms with E-state index in [4.69, 9.17) is 19.9 Å². The Labute approximate surface area is 124 Å². The molecule has 1 aliphatic heterocycles. The van der Waals surface area contributed by atoms with E-state index in [1.165, 1.54) is 7.11 Å². The van der Waals surface area contributed by atoms with Crippen molar-refractivity contribution in [3.05, 3.63) is 29.3 Å². The lowest BCUT2D eigenvalue weighted by atomic mass is 9.96. The Morgan fingerprint density at radius 1 is 1.48 bits per heavy atom. The average molecular weight is 294 g/mol. The van der Waals surface area contributed by atoms with Crippen LogP contribution < -0.4 is 15.8 Å². The highest BCUT2D eigenvalue weighted by Gasteiger charge is 2.24. The molecule has 1 aromatic rings. The van der Waals surface area contributed by atoms with Crippen molar-refractivity contribution in [3.8, 4) is 5.75 Å². The Balaban J connectivity index is 2.19. The van der Waals surface area contributed by atoms with Crippen LogP contribution in [-0.4, -0.2) is 39.9 Å². The van der Waals surface area contributed by atoms with Gasteiger partial charge in [-0.15, -0.1) is 0 Å². The van der Waals surface area contributed by atoms with Gasteiger partial charge in [0.05, 0.1) is 25.3 Å². The summed E-state index contributed by atoms with van der Waals surface area (Å²) in [6, 6.07) is 5.54. The van der Waals surface area contributed by atoms with Crippen molar-refractivity contribution < 1.29 is 19.0 Å². The maximum atomic E-state index is 11.7. The van der Waals surface area contributed by atoms with E-state index in [9.17, 15) is 4.79 Å². The Bertz CT molecular complexity index is 493. The van der Waals surface area contributed by atoms with Gasteiger partial charge in [-0.3, -0.25) is 4.79 Å². The third kappa shape index (κ3) is 3.93. The first-order valence-electron chi connectivity index (χ1n) is 6.95. The van der Waals surface area contributed by atoms with Crippen LogP contribution in [0.15, 0.2) is 18.2 Å². The standard InChI is InChI=1S/C15H22N2O4/c1-19-8-12(16)10-3-4-14-11(7-10)13(5-6-21-14)17-15(18)9-20-2/h3-4,7,12-13H,5-6,8-9,16H2,1-2H3,(H,17,18). The topological polar surface area (TPSA) is 82.8 Å². The number of carbonyl (C=O) groups is 1. The molecule has 0 saturated heterocycles. The quantitative estimate of drug-likeness (QED) is 0.815. The van der Waals surface area contributed by atoms with Crippen molar-refractivity contribution >= 4 is 5.91 Å². The van der Waals surface area contributed by atoms with Gasteiger partial charge in [-0.05, 0) is 17.7 Å². The van der Waals surface area contributed by atoms with Gasteiger partial charge in [-0.25, -0.2) is 0 Å². The molecule has 0 bridgehead atoms. The normalized spacial score (nSPS) is 18.5. The van der Waals surface area contributed by atoms with E-state index in [2.05, 4.69) is 5.32 Å². The van der Waals surface area contributed by atoms with E-state index < -0.39 is 0 Å². The average Bonchev–Trinajstić information content (AvgIpc) is 2.47. The maximum absolute atomic E-state index is 11.7. The molecule has 0 fully saturated rings. The summed E-state index contributed by atoms with van der Waals surface area (Å²) in [5.74, 6) is 0.652. The molecule has 2 rings (SSSR count). The molecule has 1 aromatic carbocycles. The first-order chi connectivity index (χ1) is 10.2. The summed E-state index contributed by atoms with van der Waals surface area (Å²) in [6.45, 7) is 1.07. The Hall–Kier alpha value is -1.63. The summed E-state index contributed by atoms with van der Waals surface area (Å²) >= 11 is 0. The van der Waals surface area contributed by atoms with Crippen LogP contribution in [0.25, 0.3) is 0 Å². The number of benzene rings is 1. The molecule has 6 nitrogen and oxygen atoms in total. The zero-order valence-electron chi connectivity index (χ0n) is 12.4. The van der Waals surface area contributed by atoms with Crippen molar-refractivity contribution in [2.45, 2.75) is 18.5 Å². The van der Waals surface area contributed by atoms with Crippen LogP contribution in [0.3, 0.4) is 0 Å². The molecule has 0 aliphatic carbocycles. The van der Waals surface area contributed by atoms with E-state index in [0.717, 1.165) is 23.3 Å². The van der Waals surface area contributed by atoms with Gasteiger partial charge in [-0.1, -0.05) is 6.07 Å². The summed E-state index contributed by atoms with van der Waals surface area (Å²) in [7, 11) is 3.12. The highest BCUT2D eigenvalue weighted by molar-refractivity contribution is 5.77. The third-order valence-corrected chi connectivity index (χ3v) is 3.46. The zero-order chi connectivity index (χ0) is 15.2. The highest BCUT2D eigenvalue weighted by atomic mass is 16.5. The number of fused-ring (bicyclic) bond motifs is 1. The summed E-state index contributed by atoms with van der Waals surface area (Å²) in [6.07, 6.45) is 0.728. The highest BCUT2D eigenvalue weighted by Crippen LogP contribution is 2.33. The SMILES string of the molecule is COCC(=O)NC1CCOc2ccc(C(N)COC)cc21. The largest absolute Gasteiger partial charge is 0.493 e. The first kappa shape index (κ1) is 15.8. The van der Waals surface area contributed by atoms with E-state index in [1.807, 2.05) is 18.2 Å².